The predicted octanol–water partition coefficient (Wildman–Crippen LogP) is 6.96. The SMILES string of the molecule is CCC(CC)(c1ccc(CC(C)C(O)(C(F)(F)F)C(F)(F)F)c(C)c1)c1ccc(OC[C@@H](O)CCCO)c(C)c1. The van der Waals surface area contributed by atoms with E-state index in [2.05, 4.69) is 0 Å². The number of aliphatic hydroxyl groups excluding tert-OH is 2. The monoisotopic (exact) mass is 578 g/mol. The maximum Gasteiger partial charge on any atom is 0.426 e. The Bertz CT molecular complexity index is 1090. The number of benzene rings is 2. The minimum Gasteiger partial charge on any atom is -0.491 e. The summed E-state index contributed by atoms with van der Waals surface area (Å²) in [5, 5.41) is 28.7. The van der Waals surface area contributed by atoms with Crippen molar-refractivity contribution in [3.8, 4) is 5.75 Å². The van der Waals surface area contributed by atoms with Gasteiger partial charge in [0.25, 0.3) is 5.60 Å². The van der Waals surface area contributed by atoms with Crippen LogP contribution in [-0.4, -0.2) is 52.6 Å². The molecule has 0 fully saturated rings. The van der Waals surface area contributed by atoms with E-state index in [0.29, 0.717) is 42.6 Å². The number of aliphatic hydroxyl groups is 3. The number of aryl methyl sites for hydroxylation is 2. The van der Waals surface area contributed by atoms with Gasteiger partial charge in [0.15, 0.2) is 0 Å². The van der Waals surface area contributed by atoms with Crippen LogP contribution in [0.3, 0.4) is 0 Å². The van der Waals surface area contributed by atoms with E-state index >= 15 is 0 Å². The Balaban J connectivity index is 2.37. The summed E-state index contributed by atoms with van der Waals surface area (Å²) in [7, 11) is 0. The second-order valence-corrected chi connectivity index (χ2v) is 10.6. The van der Waals surface area contributed by atoms with Gasteiger partial charge in [-0.2, -0.15) is 26.3 Å². The third-order valence-electron chi connectivity index (χ3n) is 8.06. The summed E-state index contributed by atoms with van der Waals surface area (Å²) in [5.41, 5.74) is -1.76. The lowest BCUT2D eigenvalue weighted by Crippen LogP contribution is -2.61. The fraction of sp³-hybridized carbons (Fsp3) is 0.600. The molecule has 10 heteroatoms. The average molecular weight is 579 g/mol. The van der Waals surface area contributed by atoms with Gasteiger partial charge < -0.3 is 20.1 Å². The first-order valence-corrected chi connectivity index (χ1v) is 13.5. The first-order chi connectivity index (χ1) is 18.5. The van der Waals surface area contributed by atoms with E-state index in [1.807, 2.05) is 39.0 Å². The van der Waals surface area contributed by atoms with Crippen molar-refractivity contribution >= 4 is 0 Å². The molecule has 2 atom stereocenters. The highest BCUT2D eigenvalue weighted by molar-refractivity contribution is 5.47. The second kappa shape index (κ2) is 13.1. The van der Waals surface area contributed by atoms with Gasteiger partial charge in [-0.25, -0.2) is 0 Å². The molecule has 0 amide bonds. The van der Waals surface area contributed by atoms with Gasteiger partial charge in [-0.05, 0) is 79.8 Å². The van der Waals surface area contributed by atoms with E-state index in [4.69, 9.17) is 9.84 Å². The van der Waals surface area contributed by atoms with Crippen LogP contribution in [0.1, 0.15) is 74.3 Å². The minimum atomic E-state index is -5.87. The zero-order valence-electron chi connectivity index (χ0n) is 23.6. The first-order valence-electron chi connectivity index (χ1n) is 13.5. The van der Waals surface area contributed by atoms with E-state index < -0.39 is 41.8 Å². The molecule has 0 spiro atoms. The van der Waals surface area contributed by atoms with Gasteiger partial charge in [0.05, 0.1) is 6.10 Å². The maximum atomic E-state index is 13.4. The number of halogens is 6. The number of ether oxygens (including phenoxy) is 1. The van der Waals surface area contributed by atoms with Crippen molar-refractivity contribution in [3.63, 3.8) is 0 Å². The van der Waals surface area contributed by atoms with Crippen molar-refractivity contribution < 1.29 is 46.4 Å². The summed E-state index contributed by atoms with van der Waals surface area (Å²) < 4.78 is 85.9. The molecular weight excluding hydrogens is 538 g/mol. The lowest BCUT2D eigenvalue weighted by atomic mass is 9.69. The summed E-state index contributed by atoms with van der Waals surface area (Å²) in [6.45, 7) is 8.39. The van der Waals surface area contributed by atoms with Crippen molar-refractivity contribution in [3.05, 3.63) is 64.2 Å². The van der Waals surface area contributed by atoms with Gasteiger partial charge in [0.1, 0.15) is 12.4 Å². The number of hydrogen-bond acceptors (Lipinski definition) is 4. The molecule has 4 nitrogen and oxygen atoms in total. The van der Waals surface area contributed by atoms with Crippen LogP contribution in [0.25, 0.3) is 0 Å². The lowest BCUT2D eigenvalue weighted by Gasteiger charge is -2.37. The smallest absolute Gasteiger partial charge is 0.426 e. The molecule has 0 aliphatic rings. The third kappa shape index (κ3) is 6.94. The maximum absolute atomic E-state index is 13.4. The van der Waals surface area contributed by atoms with Crippen molar-refractivity contribution in [1.82, 2.24) is 0 Å². The molecule has 2 aromatic carbocycles. The molecule has 0 aliphatic heterocycles. The fourth-order valence-corrected chi connectivity index (χ4v) is 5.36. The number of alkyl halides is 6. The molecule has 0 saturated carbocycles. The van der Waals surface area contributed by atoms with Gasteiger partial charge in [0.2, 0.25) is 0 Å². The summed E-state index contributed by atoms with van der Waals surface area (Å²) in [6.07, 6.45) is -10.8. The Kier molecular flexibility index (Phi) is 11.1. The van der Waals surface area contributed by atoms with Crippen LogP contribution in [-0.2, 0) is 11.8 Å². The van der Waals surface area contributed by atoms with Gasteiger partial charge in [0, 0.05) is 17.9 Å². The topological polar surface area (TPSA) is 69.9 Å². The second-order valence-electron chi connectivity index (χ2n) is 10.6. The molecule has 3 N–H and O–H groups in total. The lowest BCUT2D eigenvalue weighted by molar-refractivity contribution is -0.383. The molecule has 0 bridgehead atoms. The zero-order chi connectivity index (χ0) is 30.5. The van der Waals surface area contributed by atoms with Crippen LogP contribution in [0.5, 0.6) is 5.75 Å². The molecule has 0 radical (unpaired) electrons. The zero-order valence-corrected chi connectivity index (χ0v) is 23.6. The fourth-order valence-electron chi connectivity index (χ4n) is 5.36. The van der Waals surface area contributed by atoms with Crippen LogP contribution in [0.2, 0.25) is 0 Å². The number of hydrogen-bond donors (Lipinski definition) is 3. The van der Waals surface area contributed by atoms with Crippen molar-refractivity contribution in [2.45, 2.75) is 96.2 Å². The summed E-state index contributed by atoms with van der Waals surface area (Å²) in [5.74, 6) is -1.55. The Morgan fingerprint density at radius 2 is 1.38 bits per heavy atom. The largest absolute Gasteiger partial charge is 0.491 e. The Labute approximate surface area is 232 Å². The molecule has 0 saturated heterocycles. The molecule has 2 aromatic rings. The van der Waals surface area contributed by atoms with Crippen molar-refractivity contribution in [2.24, 2.45) is 5.92 Å². The van der Waals surface area contributed by atoms with E-state index in [1.54, 1.807) is 25.1 Å². The number of rotatable bonds is 13. The van der Waals surface area contributed by atoms with E-state index in [-0.39, 0.29) is 13.2 Å². The highest BCUT2D eigenvalue weighted by atomic mass is 19.4. The highest BCUT2D eigenvalue weighted by Crippen LogP contribution is 2.49. The average Bonchev–Trinajstić information content (AvgIpc) is 2.87. The predicted molar refractivity (Wildman–Crippen MR) is 141 cm³/mol. The molecule has 0 aliphatic carbocycles. The summed E-state index contributed by atoms with van der Waals surface area (Å²) in [4.78, 5) is 0. The van der Waals surface area contributed by atoms with Crippen LogP contribution < -0.4 is 4.74 Å². The minimum absolute atomic E-state index is 0.0102. The van der Waals surface area contributed by atoms with E-state index in [9.17, 15) is 36.6 Å². The van der Waals surface area contributed by atoms with Crippen molar-refractivity contribution in [2.75, 3.05) is 13.2 Å². The molecule has 2 rings (SSSR count). The van der Waals surface area contributed by atoms with E-state index in [0.717, 1.165) is 23.6 Å². The van der Waals surface area contributed by atoms with E-state index in [1.165, 1.54) is 0 Å². The van der Waals surface area contributed by atoms with Crippen LogP contribution in [0, 0.1) is 19.8 Å². The van der Waals surface area contributed by atoms with Gasteiger partial charge in [-0.15, -0.1) is 0 Å². The Hall–Kier alpha value is -2.30. The van der Waals surface area contributed by atoms with Crippen LogP contribution in [0.15, 0.2) is 36.4 Å². The van der Waals surface area contributed by atoms with Gasteiger partial charge in [-0.3, -0.25) is 0 Å². The third-order valence-corrected chi connectivity index (χ3v) is 8.06. The quantitative estimate of drug-likeness (QED) is 0.225. The molecule has 0 heterocycles. The summed E-state index contributed by atoms with van der Waals surface area (Å²) in [6, 6.07) is 10.8. The van der Waals surface area contributed by atoms with Gasteiger partial charge >= 0.3 is 12.4 Å². The van der Waals surface area contributed by atoms with Crippen LogP contribution in [0.4, 0.5) is 26.3 Å². The highest BCUT2D eigenvalue weighted by Gasteiger charge is 2.72. The normalized spacial score (nSPS) is 14.8. The summed E-state index contributed by atoms with van der Waals surface area (Å²) >= 11 is 0. The Morgan fingerprint density at radius 1 is 0.850 bits per heavy atom. The molecule has 40 heavy (non-hydrogen) atoms. The first kappa shape index (κ1) is 33.9. The molecule has 1 unspecified atom stereocenters. The molecule has 226 valence electrons. The molecule has 0 aromatic heterocycles. The Morgan fingerprint density at radius 3 is 1.82 bits per heavy atom. The van der Waals surface area contributed by atoms with Crippen molar-refractivity contribution in [1.29, 1.82) is 0 Å². The standard InChI is InChI=1S/C30H40F6O4/c1-6-27(7-2,24-12-13-26(20(4)16-24)40-18-25(38)9-8-14-37)23-11-10-22(19(3)15-23)17-21(5)28(39,29(31,32)33)30(34,35)36/h10-13,15-16,21,25,37-39H,6-9,14,17-18H2,1-5H3/t21?,25-/m0/s1. The molecular formula is C30H40F6O4. The van der Waals surface area contributed by atoms with Gasteiger partial charge in [-0.1, -0.05) is 51.1 Å². The van der Waals surface area contributed by atoms with Crippen LogP contribution >= 0.6 is 0 Å².